The number of aromatic amines is 2. The molecular formula is C40H22F12N8O4. The van der Waals surface area contributed by atoms with Crippen LogP contribution < -0.4 is 18.9 Å². The molecule has 64 heavy (non-hydrogen) atoms. The van der Waals surface area contributed by atoms with Crippen LogP contribution in [0, 0.1) is 0 Å². The average molecular weight is 907 g/mol. The van der Waals surface area contributed by atoms with E-state index in [-0.39, 0.29) is 113 Å². The van der Waals surface area contributed by atoms with Crippen LogP contribution in [0.5, 0.6) is 23.0 Å². The minimum absolute atomic E-state index is 0.0153. The molecule has 4 aromatic carbocycles. The third kappa shape index (κ3) is 8.92. The van der Waals surface area contributed by atoms with Crippen LogP contribution in [0.2, 0.25) is 0 Å². The molecule has 0 spiro atoms. The SMILES string of the molecule is FC(F)(F)COc1ccc2c(c1)-c1nc-2nc2[nH]c(nc3nc(nc4[nH]c(n1)c1ccc(OCC(F)(F)F)cc41)-c1ccc(OCC(F)(F)F)cc1-3)c1ccc(OCC(F)(F)F)cc21. The first-order valence-electron chi connectivity index (χ1n) is 18.3. The number of rotatable bonds is 8. The summed E-state index contributed by atoms with van der Waals surface area (Å²) < 4.78 is 178. The number of aromatic nitrogens is 8. The molecule has 9 rings (SSSR count). The second kappa shape index (κ2) is 15.1. The van der Waals surface area contributed by atoms with E-state index in [0.29, 0.717) is 0 Å². The summed E-state index contributed by atoms with van der Waals surface area (Å²) in [7, 11) is 0. The first-order valence-corrected chi connectivity index (χ1v) is 18.3. The van der Waals surface area contributed by atoms with Crippen molar-refractivity contribution in [2.45, 2.75) is 24.7 Å². The zero-order valence-electron chi connectivity index (χ0n) is 31.6. The highest BCUT2D eigenvalue weighted by Gasteiger charge is 2.32. The highest BCUT2D eigenvalue weighted by molar-refractivity contribution is 6.07. The maximum Gasteiger partial charge on any atom is 0.422 e. The van der Waals surface area contributed by atoms with Crippen molar-refractivity contribution in [2.24, 2.45) is 0 Å². The zero-order chi connectivity index (χ0) is 45.3. The number of nitrogens with zero attached hydrogens (tertiary/aromatic N) is 6. The van der Waals surface area contributed by atoms with Crippen molar-refractivity contribution in [3.8, 4) is 68.5 Å². The Kier molecular flexibility index (Phi) is 9.92. The number of H-pyrrole nitrogens is 2. The fraction of sp³-hybridized carbons (Fsp3) is 0.200. The van der Waals surface area contributed by atoms with Gasteiger partial charge in [0.05, 0.1) is 0 Å². The van der Waals surface area contributed by atoms with Crippen LogP contribution in [-0.4, -0.2) is 91.0 Å². The average Bonchev–Trinajstić information content (AvgIpc) is 3.94. The third-order valence-electron chi connectivity index (χ3n) is 9.33. The predicted molar refractivity (Wildman–Crippen MR) is 202 cm³/mol. The Labute approximate surface area is 347 Å². The van der Waals surface area contributed by atoms with Crippen LogP contribution in [0.15, 0.2) is 72.8 Å². The lowest BCUT2D eigenvalue weighted by atomic mass is 10.1. The second-order valence-electron chi connectivity index (χ2n) is 14.1. The minimum Gasteiger partial charge on any atom is -0.484 e. The van der Waals surface area contributed by atoms with Crippen LogP contribution in [0.1, 0.15) is 0 Å². The highest BCUT2D eigenvalue weighted by atomic mass is 19.4. The summed E-state index contributed by atoms with van der Waals surface area (Å²) in [6, 6.07) is 15.3. The van der Waals surface area contributed by atoms with Gasteiger partial charge in [0.25, 0.3) is 0 Å². The summed E-state index contributed by atoms with van der Waals surface area (Å²) in [5.74, 6) is -1.44. The van der Waals surface area contributed by atoms with Gasteiger partial charge in [-0.2, -0.15) is 52.7 Å². The lowest BCUT2D eigenvalue weighted by molar-refractivity contribution is -0.154. The van der Waals surface area contributed by atoms with E-state index in [1.165, 1.54) is 72.8 Å². The van der Waals surface area contributed by atoms with Gasteiger partial charge in [0.15, 0.2) is 49.7 Å². The van der Waals surface area contributed by atoms with Gasteiger partial charge in [0.1, 0.15) is 45.6 Å². The van der Waals surface area contributed by atoms with Crippen LogP contribution in [0.4, 0.5) is 52.7 Å². The van der Waals surface area contributed by atoms with E-state index in [0.717, 1.165) is 0 Å². The fourth-order valence-corrected chi connectivity index (χ4v) is 6.73. The maximum absolute atomic E-state index is 13.2. The van der Waals surface area contributed by atoms with Crippen LogP contribution in [0.25, 0.3) is 89.7 Å². The molecule has 3 aromatic heterocycles. The fourth-order valence-electron chi connectivity index (χ4n) is 6.73. The Morgan fingerprint density at radius 2 is 0.609 bits per heavy atom. The van der Waals surface area contributed by atoms with Gasteiger partial charge in [-0.3, -0.25) is 0 Å². The smallest absolute Gasteiger partial charge is 0.422 e. The normalized spacial score (nSPS) is 12.9. The molecule has 0 radical (unpaired) electrons. The first-order chi connectivity index (χ1) is 30.1. The van der Waals surface area contributed by atoms with Gasteiger partial charge in [0.2, 0.25) is 0 Å². The van der Waals surface area contributed by atoms with Crippen molar-refractivity contribution in [1.82, 2.24) is 39.9 Å². The van der Waals surface area contributed by atoms with Crippen molar-refractivity contribution < 1.29 is 71.6 Å². The maximum atomic E-state index is 13.2. The van der Waals surface area contributed by atoms with E-state index < -0.39 is 51.1 Å². The number of ether oxygens (including phenoxy) is 4. The van der Waals surface area contributed by atoms with Crippen molar-refractivity contribution >= 4 is 44.1 Å². The van der Waals surface area contributed by atoms with E-state index in [1.54, 1.807) is 0 Å². The van der Waals surface area contributed by atoms with Crippen molar-refractivity contribution in [3.05, 3.63) is 72.8 Å². The Morgan fingerprint density at radius 1 is 0.328 bits per heavy atom. The molecule has 0 fully saturated rings. The Morgan fingerprint density at radius 3 is 0.938 bits per heavy atom. The summed E-state index contributed by atoms with van der Waals surface area (Å²) in [6.07, 6.45) is -18.8. The summed E-state index contributed by atoms with van der Waals surface area (Å²) in [5.41, 5.74) is 0.483. The number of hydrogen-bond donors (Lipinski definition) is 2. The number of hydrogen-bond acceptors (Lipinski definition) is 10. The van der Waals surface area contributed by atoms with Gasteiger partial charge in [-0.25, -0.2) is 29.9 Å². The van der Waals surface area contributed by atoms with Crippen molar-refractivity contribution in [3.63, 3.8) is 0 Å². The van der Waals surface area contributed by atoms with Crippen LogP contribution >= 0.6 is 0 Å². The molecule has 330 valence electrons. The Hall–Kier alpha value is -7.40. The van der Waals surface area contributed by atoms with Gasteiger partial charge in [-0.05, 0) is 72.8 Å². The van der Waals surface area contributed by atoms with E-state index in [9.17, 15) is 52.7 Å². The molecule has 0 atom stereocenters. The van der Waals surface area contributed by atoms with Crippen LogP contribution in [0.3, 0.4) is 0 Å². The summed E-state index contributed by atoms with van der Waals surface area (Å²) in [4.78, 5) is 33.7. The largest absolute Gasteiger partial charge is 0.484 e. The summed E-state index contributed by atoms with van der Waals surface area (Å²) in [5, 5.41) is 0.744. The third-order valence-corrected chi connectivity index (χ3v) is 9.33. The standard InChI is InChI=1S/C40H22F12N8O4/c41-37(42,43)13-61-17-1-5-21-25(9-17)33-53-29(21)57-34-26-10-18(62-14-38(44,45)46)2-6-22(26)31(54-34)59-36-28-12-20(64-16-40(50,51)52)4-8-24(28)32(56-36)60-35-27-11-19(63-15-39(47,48)49)3-7-23(27)30(55-35)58-33/h1-12H,13-16H2,(H2,53,54,55,56,57,58,59,60). The summed E-state index contributed by atoms with van der Waals surface area (Å²) >= 11 is 0. The van der Waals surface area contributed by atoms with Crippen molar-refractivity contribution in [1.29, 1.82) is 0 Å². The molecule has 7 aromatic rings. The minimum atomic E-state index is -4.70. The quantitative estimate of drug-likeness (QED) is 0.141. The Bertz CT molecular complexity index is 2950. The lowest BCUT2D eigenvalue weighted by Gasteiger charge is -2.10. The van der Waals surface area contributed by atoms with Gasteiger partial charge >= 0.3 is 24.7 Å². The number of fused-ring (bicyclic) bond motifs is 20. The van der Waals surface area contributed by atoms with Gasteiger partial charge < -0.3 is 28.9 Å². The zero-order valence-corrected chi connectivity index (χ0v) is 31.6. The predicted octanol–water partition coefficient (Wildman–Crippen LogP) is 10.6. The lowest BCUT2D eigenvalue weighted by Crippen LogP contribution is -2.19. The molecule has 2 N–H and O–H groups in total. The number of nitrogens with one attached hydrogen (secondary N) is 2. The molecule has 0 unspecified atom stereocenters. The molecule has 5 heterocycles. The first kappa shape index (κ1) is 41.9. The molecule has 0 saturated carbocycles. The molecule has 12 nitrogen and oxygen atoms in total. The Balaban J connectivity index is 1.35. The molecular weight excluding hydrogens is 884 g/mol. The van der Waals surface area contributed by atoms with Gasteiger partial charge in [-0.1, -0.05) is 0 Å². The van der Waals surface area contributed by atoms with E-state index in [1.807, 2.05) is 0 Å². The number of alkyl halides is 12. The van der Waals surface area contributed by atoms with E-state index >= 15 is 0 Å². The van der Waals surface area contributed by atoms with Crippen molar-refractivity contribution in [2.75, 3.05) is 26.4 Å². The number of benzene rings is 4. The second-order valence-corrected chi connectivity index (χ2v) is 14.1. The highest BCUT2D eigenvalue weighted by Crippen LogP contribution is 2.41. The molecule has 2 aliphatic heterocycles. The van der Waals surface area contributed by atoms with Crippen LogP contribution in [-0.2, 0) is 0 Å². The molecule has 0 saturated heterocycles. The summed E-state index contributed by atoms with van der Waals surface area (Å²) in [6.45, 7) is -6.57. The molecule has 24 heteroatoms. The monoisotopic (exact) mass is 906 g/mol. The molecule has 0 aliphatic carbocycles. The van der Waals surface area contributed by atoms with E-state index in [2.05, 4.69) is 39.9 Å². The topological polar surface area (TPSA) is 146 Å². The van der Waals surface area contributed by atoms with Gasteiger partial charge in [-0.15, -0.1) is 0 Å². The van der Waals surface area contributed by atoms with Gasteiger partial charge in [0, 0.05) is 43.8 Å². The molecule has 8 bridgehead atoms. The molecule has 0 amide bonds. The van der Waals surface area contributed by atoms with E-state index in [4.69, 9.17) is 18.9 Å². The number of halogens is 12. The molecule has 2 aliphatic rings.